The number of ether oxygens (including phenoxy) is 7. The number of aliphatic carboxylic acids is 1. The van der Waals surface area contributed by atoms with Crippen molar-refractivity contribution < 1.29 is 113 Å². The van der Waals surface area contributed by atoms with Gasteiger partial charge in [0.25, 0.3) is 0 Å². The number of hydrogen-bond donors (Lipinski definition) is 12. The molecule has 4 aromatic carbocycles. The van der Waals surface area contributed by atoms with Gasteiger partial charge in [0.15, 0.2) is 6.10 Å². The molecule has 2 aromatic heterocycles. The Bertz CT molecular complexity index is 5210. The van der Waals surface area contributed by atoms with Crippen LogP contribution in [0.4, 0.5) is 11.4 Å². The molecule has 2 spiro atoms. The number of aliphatic hydroxyl groups is 9. The number of anilines is 2. The number of methoxy groups -OCH3 is 6. The minimum Gasteiger partial charge on any atom is -0.496 e. The van der Waals surface area contributed by atoms with Crippen molar-refractivity contribution in [3.63, 3.8) is 0 Å². The van der Waals surface area contributed by atoms with Gasteiger partial charge < -0.3 is 104 Å². The van der Waals surface area contributed by atoms with E-state index in [0.29, 0.717) is 158 Å². The molecule has 2 saturated carbocycles. The Hall–Kier alpha value is -9.06. The molecule has 6 fully saturated rings. The van der Waals surface area contributed by atoms with Crippen molar-refractivity contribution in [2.45, 2.75) is 199 Å². The Morgan fingerprint density at radius 1 is 0.488 bits per heavy atom. The molecule has 692 valence electrons. The minimum atomic E-state index is -2.41. The zero-order valence-corrected chi connectivity index (χ0v) is 75.7. The lowest BCUT2D eigenvalue weighted by Crippen LogP contribution is -2.81. The van der Waals surface area contributed by atoms with Crippen molar-refractivity contribution in [2.24, 2.45) is 22.7 Å². The van der Waals surface area contributed by atoms with E-state index in [0.717, 1.165) is 74.2 Å². The van der Waals surface area contributed by atoms with Crippen LogP contribution in [0.15, 0.2) is 97.1 Å². The van der Waals surface area contributed by atoms with Crippen LogP contribution >= 0.6 is 0 Å². The molecular weight excluding hydrogens is 1630 g/mol. The fourth-order valence-electron chi connectivity index (χ4n) is 26.7. The molecule has 10 unspecified atom stereocenters. The minimum absolute atomic E-state index is 0.0795. The maximum Gasteiger partial charge on any atom is 0.344 e. The SMILES string of the molecule is CCO.CCO.CC[C@]1(O)CC2CN(CCc3c([nH]c4ccccc34)[C@@](C(=O)OC)(c3cc4c(cc3OC)N(C)C3C45CCN4CC=C[C@](CC)(C45)[C@@H](O)[C@]3(O)C(=O)OC)C2)C1.CC[C@]1(O)CC2CN(CCc3c([nH]c4ccccc34)[C@@](C(=O)OC)(c3cc4c(cc3OC)N(C)C3C45CCN4CC=C[C@](CC)(C45)[C@@H](OC(=O)CO)[C@]3(O)C(=O)OC)C2)C1.O=C(O)CO. The van der Waals surface area contributed by atoms with Crippen LogP contribution in [0.2, 0.25) is 0 Å². The topological polar surface area (TPSA) is 420 Å². The molecule has 31 nitrogen and oxygen atoms in total. The number of carboxylic acid groups (broad SMARTS) is 1. The first-order valence-corrected chi connectivity index (χ1v) is 44.9. The number of H-pyrrole nitrogens is 2. The van der Waals surface area contributed by atoms with Gasteiger partial charge in [-0.1, -0.05) is 88.4 Å². The first kappa shape index (κ1) is 94.1. The summed E-state index contributed by atoms with van der Waals surface area (Å²) < 4.78 is 41.4. The number of rotatable bonds is 15. The molecule has 4 saturated heterocycles. The molecule has 0 amide bonds. The molecular formula is C96H130N8O23. The highest BCUT2D eigenvalue weighted by atomic mass is 16.6. The van der Waals surface area contributed by atoms with Crippen LogP contribution in [-0.2, 0) is 87.0 Å². The number of nitrogens with one attached hydrogen (secondary N) is 2. The number of fused-ring (bicyclic) bond motifs is 12. The summed E-state index contributed by atoms with van der Waals surface area (Å²) >= 11 is 0. The number of piperidine rings is 2. The fourth-order valence-corrected chi connectivity index (χ4v) is 26.7. The first-order valence-electron chi connectivity index (χ1n) is 44.9. The zero-order chi connectivity index (χ0) is 91.8. The average Bonchev–Trinajstić information content (AvgIpc) is 1.49. The maximum absolute atomic E-state index is 15.3. The van der Waals surface area contributed by atoms with Crippen LogP contribution in [-0.4, -0.2) is 324 Å². The highest BCUT2D eigenvalue weighted by Crippen LogP contribution is 2.71. The third kappa shape index (κ3) is 14.1. The van der Waals surface area contributed by atoms with Gasteiger partial charge in [0.2, 0.25) is 11.2 Å². The maximum atomic E-state index is 15.3. The highest BCUT2D eigenvalue weighted by molar-refractivity contribution is 5.97. The Kier molecular flexibility index (Phi) is 26.4. The Morgan fingerprint density at radius 2 is 0.882 bits per heavy atom. The predicted octanol–water partition coefficient (Wildman–Crippen LogP) is 5.44. The number of aromatic amines is 2. The van der Waals surface area contributed by atoms with E-state index in [2.05, 4.69) is 53.8 Å². The molecule has 2 aliphatic carbocycles. The molecule has 0 radical (unpaired) electrons. The number of aromatic nitrogens is 2. The average molecular weight is 1760 g/mol. The second-order valence-electron chi connectivity index (χ2n) is 37.0. The number of aliphatic hydroxyl groups excluding tert-OH is 5. The van der Waals surface area contributed by atoms with Crippen molar-refractivity contribution in [3.05, 3.63) is 142 Å². The van der Waals surface area contributed by atoms with E-state index in [4.69, 9.17) is 58.4 Å². The Balaban J connectivity index is 0.000000185. The number of carbonyl (C=O) groups is 6. The normalized spacial score (nSPS) is 34.8. The quantitative estimate of drug-likeness (QED) is 0.0346. The molecule has 20 atom stereocenters. The van der Waals surface area contributed by atoms with Gasteiger partial charge in [-0.05, 0) is 162 Å². The summed E-state index contributed by atoms with van der Waals surface area (Å²) in [5, 5.41) is 105. The predicted molar refractivity (Wildman–Crippen MR) is 473 cm³/mol. The Morgan fingerprint density at radius 3 is 1.27 bits per heavy atom. The van der Waals surface area contributed by atoms with Crippen LogP contribution in [0, 0.1) is 22.7 Å². The van der Waals surface area contributed by atoms with E-state index >= 15 is 9.59 Å². The molecule has 6 aromatic rings. The summed E-state index contributed by atoms with van der Waals surface area (Å²) in [6.07, 6.45) is 11.3. The molecule has 31 heteroatoms. The third-order valence-corrected chi connectivity index (χ3v) is 31.2. The zero-order valence-electron chi connectivity index (χ0n) is 75.7. The standard InChI is InChI=1S/C46H58N4O10.C44H56N4O8.C2H4O3.2C2H6O/c1-7-42(55)22-27-23-45(40(53)58-5,36-29(14-18-49(24-27)26-42)28-12-9-10-13-32(28)47-36)31-20-30-33(21-34(31)57-4)48(3)38-44(30)16-19-50-17-11-15-43(8-2,37(44)50)39(60-35(52)25-51)46(38,56)41(54)59-6;1-7-40(52)22-26-23-43(38(50)55-5,34-28(14-18-47(24-26)25-40)27-12-9-10-13-31(27)45-34)30-20-29-32(21-33(30)54-4)46(3)36-42(29)16-19-48-17-11-15-41(8-2,35(42)48)37(49)44(36,53)39(51)56-6;3-1-2(4)5;2*1-2-3/h9-13,15,20-21,27,37-39,47,51,55-56H,7-8,14,16-19,22-26H2,1-6H3;9-13,15,20-21,26,35-37,45,49,52-53H,7-8,14,16-19,22-25H2,1-6H3;3H,1H2,(H,4,5);2*3H,2H2,1H3/t27?,37?,38?,39-,42+,43-,44?,45+,46+;26?,35?,36?,37-,40+,41-,42?,43+,44+;;;/m11.../s1. The van der Waals surface area contributed by atoms with Crippen LogP contribution in [0.25, 0.3) is 21.8 Å². The smallest absolute Gasteiger partial charge is 0.344 e. The molecule has 12 aliphatic rings. The molecule has 18 rings (SSSR count). The summed E-state index contributed by atoms with van der Waals surface area (Å²) in [6, 6.07) is 21.7. The summed E-state index contributed by atoms with van der Waals surface area (Å²) in [4.78, 5) is 102. The lowest BCUT2D eigenvalue weighted by atomic mass is 9.47. The Labute approximate surface area is 741 Å². The number of hydrogen-bond acceptors (Lipinski definition) is 28. The monoisotopic (exact) mass is 1760 g/mol. The second kappa shape index (κ2) is 35.7. The van der Waals surface area contributed by atoms with Crippen LogP contribution < -0.4 is 19.3 Å². The molecule has 12 heterocycles. The van der Waals surface area contributed by atoms with E-state index in [1.807, 2.05) is 124 Å². The van der Waals surface area contributed by atoms with Gasteiger partial charge in [-0.25, -0.2) is 19.2 Å². The number of likely N-dealkylation sites (N-methyl/N-ethyl adjacent to an activating group) is 2. The second-order valence-corrected chi connectivity index (χ2v) is 37.0. The van der Waals surface area contributed by atoms with Crippen molar-refractivity contribution in [1.29, 1.82) is 0 Å². The van der Waals surface area contributed by atoms with Crippen molar-refractivity contribution in [2.75, 3.05) is 158 Å². The fraction of sp³-hybridized carbons (Fsp3) is 0.604. The van der Waals surface area contributed by atoms with Gasteiger partial charge in [0.1, 0.15) is 41.6 Å². The van der Waals surface area contributed by atoms with Gasteiger partial charge in [-0.15, -0.1) is 0 Å². The van der Waals surface area contributed by atoms with Crippen molar-refractivity contribution in [3.8, 4) is 11.5 Å². The lowest BCUT2D eigenvalue weighted by Gasteiger charge is -2.63. The van der Waals surface area contributed by atoms with Crippen LogP contribution in [0.1, 0.15) is 151 Å². The number of carboxylic acids is 1. The summed E-state index contributed by atoms with van der Waals surface area (Å²) in [5.74, 6) is -4.17. The number of para-hydroxylation sites is 2. The van der Waals surface area contributed by atoms with Crippen LogP contribution in [0.3, 0.4) is 0 Å². The summed E-state index contributed by atoms with van der Waals surface area (Å²) in [7, 11) is 12.2. The number of benzene rings is 4. The summed E-state index contributed by atoms with van der Waals surface area (Å²) in [6.45, 7) is 16.7. The van der Waals surface area contributed by atoms with E-state index in [-0.39, 0.29) is 37.1 Å². The van der Waals surface area contributed by atoms with Crippen molar-refractivity contribution >= 4 is 69.0 Å². The molecule has 12 N–H and O–H groups in total. The van der Waals surface area contributed by atoms with Crippen LogP contribution in [0.5, 0.6) is 11.5 Å². The van der Waals surface area contributed by atoms with Gasteiger partial charge in [0.05, 0.1) is 65.9 Å². The number of nitrogens with zero attached hydrogens (tertiary/aromatic N) is 6. The highest BCUT2D eigenvalue weighted by Gasteiger charge is 2.82. The largest absolute Gasteiger partial charge is 0.496 e. The number of esters is 5. The van der Waals surface area contributed by atoms with E-state index in [1.54, 1.807) is 28.1 Å². The van der Waals surface area contributed by atoms with Crippen molar-refractivity contribution in [1.82, 2.24) is 29.6 Å². The van der Waals surface area contributed by atoms with Gasteiger partial charge in [-0.3, -0.25) is 29.2 Å². The van der Waals surface area contributed by atoms with Gasteiger partial charge in [-0.2, -0.15) is 0 Å². The van der Waals surface area contributed by atoms with E-state index in [1.165, 1.54) is 28.4 Å². The first-order chi connectivity index (χ1) is 60.7. The van der Waals surface area contributed by atoms with Gasteiger partial charge >= 0.3 is 35.8 Å². The van der Waals surface area contributed by atoms with E-state index in [9.17, 15) is 45.0 Å². The molecule has 127 heavy (non-hydrogen) atoms. The molecule has 4 bridgehead atoms. The third-order valence-electron chi connectivity index (χ3n) is 31.2. The van der Waals surface area contributed by atoms with Gasteiger partial charge in [0, 0.05) is 181 Å². The number of carbonyl (C=O) groups excluding carboxylic acids is 5. The lowest BCUT2D eigenvalue weighted by molar-refractivity contribution is -0.230. The van der Waals surface area contributed by atoms with E-state index < -0.39 is 128 Å². The summed E-state index contributed by atoms with van der Waals surface area (Å²) in [5.41, 5.74) is -3.56. The molecule has 10 aliphatic heterocycles.